The van der Waals surface area contributed by atoms with Crippen molar-refractivity contribution in [3.8, 4) is 0 Å². The summed E-state index contributed by atoms with van der Waals surface area (Å²) in [5.74, 6) is 1.74. The Labute approximate surface area is 170 Å². The van der Waals surface area contributed by atoms with Gasteiger partial charge in [-0.2, -0.15) is 0 Å². The van der Waals surface area contributed by atoms with Crippen LogP contribution in [-0.2, 0) is 0 Å². The summed E-state index contributed by atoms with van der Waals surface area (Å²) in [7, 11) is 0. The maximum Gasteiger partial charge on any atom is 0.123 e. The zero-order chi connectivity index (χ0) is 18.9. The van der Waals surface area contributed by atoms with E-state index in [1.165, 1.54) is 49.8 Å². The zero-order valence-electron chi connectivity index (χ0n) is 15.7. The van der Waals surface area contributed by atoms with Crippen molar-refractivity contribution < 1.29 is 4.39 Å². The molecule has 1 aliphatic carbocycles. The van der Waals surface area contributed by atoms with Crippen molar-refractivity contribution in [1.82, 2.24) is 0 Å². The number of thioether (sulfide) groups is 2. The maximum atomic E-state index is 13.0. The molecule has 0 bridgehead atoms. The van der Waals surface area contributed by atoms with Crippen LogP contribution in [0.1, 0.15) is 37.7 Å². The SMILES string of the molecule is Cc1cccc(N=C(C=CSc2ccc(F)cc2)SCC2CCCCC2)c1. The molecule has 1 aliphatic rings. The van der Waals surface area contributed by atoms with Crippen molar-refractivity contribution in [2.24, 2.45) is 10.9 Å². The molecule has 0 saturated heterocycles. The summed E-state index contributed by atoms with van der Waals surface area (Å²) in [6.07, 6.45) is 8.90. The van der Waals surface area contributed by atoms with Gasteiger partial charge in [-0.25, -0.2) is 9.38 Å². The highest BCUT2D eigenvalue weighted by Crippen LogP contribution is 2.29. The van der Waals surface area contributed by atoms with E-state index in [1.807, 2.05) is 11.8 Å². The van der Waals surface area contributed by atoms with Crippen molar-refractivity contribution in [1.29, 1.82) is 0 Å². The van der Waals surface area contributed by atoms with Crippen LogP contribution < -0.4 is 0 Å². The Morgan fingerprint density at radius 1 is 1.11 bits per heavy atom. The quantitative estimate of drug-likeness (QED) is 0.279. The van der Waals surface area contributed by atoms with E-state index in [9.17, 15) is 4.39 Å². The molecule has 1 nitrogen and oxygen atoms in total. The van der Waals surface area contributed by atoms with Crippen LogP contribution in [-0.4, -0.2) is 10.8 Å². The molecule has 0 unspecified atom stereocenters. The third kappa shape index (κ3) is 7.19. The Kier molecular flexibility index (Phi) is 8.03. The van der Waals surface area contributed by atoms with Gasteiger partial charge < -0.3 is 0 Å². The standard InChI is InChI=1S/C23H26FNS2/c1-18-6-5-9-21(16-18)25-23(27-17-19-7-3-2-4-8-19)14-15-26-22-12-10-20(24)11-13-22/h5-6,9-16,19H,2-4,7-8,17H2,1H3. The molecule has 0 N–H and O–H groups in total. The lowest BCUT2D eigenvalue weighted by Crippen LogP contribution is -2.09. The number of aliphatic imine (C=N–C) groups is 1. The van der Waals surface area contributed by atoms with Crippen molar-refractivity contribution in [2.75, 3.05) is 5.75 Å². The first-order valence-corrected chi connectivity index (χ1v) is 11.4. The fraction of sp³-hybridized carbons (Fsp3) is 0.348. The molecule has 4 heteroatoms. The summed E-state index contributed by atoms with van der Waals surface area (Å²) in [4.78, 5) is 5.90. The van der Waals surface area contributed by atoms with Crippen LogP contribution >= 0.6 is 23.5 Å². The van der Waals surface area contributed by atoms with Crippen LogP contribution in [0.25, 0.3) is 0 Å². The van der Waals surface area contributed by atoms with Crippen LogP contribution in [0.5, 0.6) is 0 Å². The van der Waals surface area contributed by atoms with E-state index < -0.39 is 0 Å². The molecular formula is C23H26FNS2. The minimum Gasteiger partial charge on any atom is -0.242 e. The van der Waals surface area contributed by atoms with Crippen molar-refractivity contribution in [3.05, 3.63) is 71.4 Å². The summed E-state index contributed by atoms with van der Waals surface area (Å²) in [6.45, 7) is 2.09. The second-order valence-corrected chi connectivity index (χ2v) is 9.00. The molecule has 0 aromatic heterocycles. The van der Waals surface area contributed by atoms with Crippen LogP contribution in [0, 0.1) is 18.7 Å². The molecule has 2 aromatic carbocycles. The summed E-state index contributed by atoms with van der Waals surface area (Å²) in [5.41, 5.74) is 2.22. The van der Waals surface area contributed by atoms with Crippen molar-refractivity contribution in [2.45, 2.75) is 43.9 Å². The molecule has 0 aliphatic heterocycles. The maximum absolute atomic E-state index is 13.0. The van der Waals surface area contributed by atoms with Gasteiger partial charge in [-0.1, -0.05) is 43.2 Å². The molecular weight excluding hydrogens is 373 g/mol. The van der Waals surface area contributed by atoms with E-state index in [0.29, 0.717) is 0 Å². The van der Waals surface area contributed by atoms with E-state index in [4.69, 9.17) is 4.99 Å². The van der Waals surface area contributed by atoms with E-state index in [-0.39, 0.29) is 5.82 Å². The lowest BCUT2D eigenvalue weighted by Gasteiger charge is -2.20. The third-order valence-corrected chi connectivity index (χ3v) is 6.64. The smallest absolute Gasteiger partial charge is 0.123 e. The first-order valence-electron chi connectivity index (χ1n) is 9.56. The zero-order valence-corrected chi connectivity index (χ0v) is 17.4. The van der Waals surface area contributed by atoms with Gasteiger partial charge in [0.2, 0.25) is 0 Å². The summed E-state index contributed by atoms with van der Waals surface area (Å²) < 4.78 is 13.0. The number of benzene rings is 2. The van der Waals surface area contributed by atoms with Crippen LogP contribution in [0.15, 0.2) is 69.9 Å². The van der Waals surface area contributed by atoms with Crippen molar-refractivity contribution in [3.63, 3.8) is 0 Å². The largest absolute Gasteiger partial charge is 0.242 e. The Morgan fingerprint density at radius 2 is 1.89 bits per heavy atom. The second-order valence-electron chi connectivity index (χ2n) is 6.98. The van der Waals surface area contributed by atoms with Gasteiger partial charge in [-0.3, -0.25) is 0 Å². The highest BCUT2D eigenvalue weighted by molar-refractivity contribution is 8.14. The monoisotopic (exact) mass is 399 g/mol. The number of halogens is 1. The fourth-order valence-electron chi connectivity index (χ4n) is 3.18. The Morgan fingerprint density at radius 3 is 2.63 bits per heavy atom. The van der Waals surface area contributed by atoms with Crippen LogP contribution in [0.4, 0.5) is 10.1 Å². The minimum absolute atomic E-state index is 0.201. The lowest BCUT2D eigenvalue weighted by molar-refractivity contribution is 0.391. The molecule has 0 spiro atoms. The highest BCUT2D eigenvalue weighted by Gasteiger charge is 2.14. The number of hydrogen-bond donors (Lipinski definition) is 0. The molecule has 27 heavy (non-hydrogen) atoms. The van der Waals surface area contributed by atoms with Crippen LogP contribution in [0.2, 0.25) is 0 Å². The van der Waals surface area contributed by atoms with Gasteiger partial charge in [0, 0.05) is 10.6 Å². The average molecular weight is 400 g/mol. The van der Waals surface area contributed by atoms with Crippen LogP contribution in [0.3, 0.4) is 0 Å². The molecule has 0 atom stereocenters. The van der Waals surface area contributed by atoms with Gasteiger partial charge in [0.1, 0.15) is 5.82 Å². The Hall–Kier alpha value is -1.52. The number of hydrogen-bond acceptors (Lipinski definition) is 3. The molecule has 3 rings (SSSR count). The molecule has 0 amide bonds. The van der Waals surface area contributed by atoms with Gasteiger partial charge in [-0.15, -0.1) is 11.8 Å². The van der Waals surface area contributed by atoms with Crippen molar-refractivity contribution >= 4 is 34.3 Å². The lowest BCUT2D eigenvalue weighted by atomic mass is 9.91. The topological polar surface area (TPSA) is 12.4 Å². The number of aryl methyl sites for hydroxylation is 1. The van der Waals surface area contributed by atoms with E-state index in [1.54, 1.807) is 23.9 Å². The summed E-state index contributed by atoms with van der Waals surface area (Å²) in [5, 5.41) is 3.09. The fourth-order valence-corrected chi connectivity index (χ4v) is 4.99. The second kappa shape index (κ2) is 10.7. The summed E-state index contributed by atoms with van der Waals surface area (Å²) >= 11 is 3.45. The van der Waals surface area contributed by atoms with Gasteiger partial charge in [-0.05, 0) is 79.1 Å². The summed E-state index contributed by atoms with van der Waals surface area (Å²) in [6, 6.07) is 14.9. The van der Waals surface area contributed by atoms with Gasteiger partial charge in [0.25, 0.3) is 0 Å². The molecule has 1 saturated carbocycles. The third-order valence-electron chi connectivity index (χ3n) is 4.66. The van der Waals surface area contributed by atoms with Gasteiger partial charge >= 0.3 is 0 Å². The van der Waals surface area contributed by atoms with E-state index >= 15 is 0 Å². The minimum atomic E-state index is -0.201. The van der Waals surface area contributed by atoms with Gasteiger partial charge in [0.05, 0.1) is 10.7 Å². The molecule has 142 valence electrons. The normalized spacial score (nSPS) is 16.1. The predicted octanol–water partition coefficient (Wildman–Crippen LogP) is 7.78. The first kappa shape index (κ1) is 20.2. The Balaban J connectivity index is 1.67. The molecule has 0 heterocycles. The molecule has 1 fully saturated rings. The Bertz CT molecular complexity index is 777. The highest BCUT2D eigenvalue weighted by atomic mass is 32.2. The number of rotatable bonds is 6. The van der Waals surface area contributed by atoms with E-state index in [0.717, 1.165) is 27.3 Å². The van der Waals surface area contributed by atoms with E-state index in [2.05, 4.69) is 42.7 Å². The molecule has 0 radical (unpaired) electrons. The predicted molar refractivity (Wildman–Crippen MR) is 119 cm³/mol. The first-order chi connectivity index (χ1) is 13.2. The average Bonchev–Trinajstić information content (AvgIpc) is 2.68. The van der Waals surface area contributed by atoms with Gasteiger partial charge in [0.15, 0.2) is 0 Å². The molecule has 2 aromatic rings. The number of nitrogens with zero attached hydrogens (tertiary/aromatic N) is 1.